The molecule has 0 aliphatic carbocycles. The van der Waals surface area contributed by atoms with Gasteiger partial charge in [0.1, 0.15) is 5.75 Å². The first-order chi connectivity index (χ1) is 7.20. The number of benzene rings is 1. The summed E-state index contributed by atoms with van der Waals surface area (Å²) in [5.74, 6) is 0.725. The number of aromatic nitrogens is 2. The van der Waals surface area contributed by atoms with E-state index in [1.165, 1.54) is 0 Å². The summed E-state index contributed by atoms with van der Waals surface area (Å²) < 4.78 is 5.21. The van der Waals surface area contributed by atoms with Crippen molar-refractivity contribution in [2.24, 2.45) is 0 Å². The first-order valence-corrected chi connectivity index (χ1v) is 5.23. The highest BCUT2D eigenvalue weighted by Gasteiger charge is 2.09. The Morgan fingerprint density at radius 2 is 2.27 bits per heavy atom. The molecule has 0 saturated carbocycles. The molecule has 2 aromatic rings. The Kier molecular flexibility index (Phi) is 2.55. The SMILES string of the molecule is COc1ccc(C)cc1-c1n[nH]c(=O)s1. The van der Waals surface area contributed by atoms with Crippen molar-refractivity contribution in [3.63, 3.8) is 0 Å². The molecule has 4 nitrogen and oxygen atoms in total. The smallest absolute Gasteiger partial charge is 0.322 e. The lowest BCUT2D eigenvalue weighted by Gasteiger charge is -2.05. The van der Waals surface area contributed by atoms with Crippen molar-refractivity contribution in [1.29, 1.82) is 0 Å². The summed E-state index contributed by atoms with van der Waals surface area (Å²) in [4.78, 5) is 10.8. The number of ether oxygens (including phenoxy) is 1. The van der Waals surface area contributed by atoms with E-state index in [1.807, 2.05) is 25.1 Å². The van der Waals surface area contributed by atoms with Crippen molar-refractivity contribution in [2.75, 3.05) is 7.11 Å². The first-order valence-electron chi connectivity index (χ1n) is 4.41. The highest BCUT2D eigenvalue weighted by atomic mass is 32.1. The van der Waals surface area contributed by atoms with Crippen LogP contribution in [0.15, 0.2) is 23.0 Å². The van der Waals surface area contributed by atoms with E-state index < -0.39 is 0 Å². The number of hydrogen-bond donors (Lipinski definition) is 1. The molecule has 0 aliphatic heterocycles. The zero-order valence-electron chi connectivity index (χ0n) is 8.40. The van der Waals surface area contributed by atoms with Crippen molar-refractivity contribution >= 4 is 11.3 Å². The molecular formula is C10H10N2O2S. The molecule has 1 N–H and O–H groups in total. The van der Waals surface area contributed by atoms with Gasteiger partial charge in [0.15, 0.2) is 5.01 Å². The minimum absolute atomic E-state index is 0.159. The van der Waals surface area contributed by atoms with Gasteiger partial charge >= 0.3 is 4.87 Å². The first kappa shape index (κ1) is 9.92. The van der Waals surface area contributed by atoms with Crippen LogP contribution in [-0.2, 0) is 0 Å². The summed E-state index contributed by atoms with van der Waals surface area (Å²) in [7, 11) is 1.60. The largest absolute Gasteiger partial charge is 0.496 e. The van der Waals surface area contributed by atoms with Crippen LogP contribution >= 0.6 is 11.3 Å². The van der Waals surface area contributed by atoms with Crippen molar-refractivity contribution in [2.45, 2.75) is 6.92 Å². The zero-order chi connectivity index (χ0) is 10.8. The van der Waals surface area contributed by atoms with Gasteiger partial charge in [-0.25, -0.2) is 5.10 Å². The van der Waals surface area contributed by atoms with Crippen molar-refractivity contribution < 1.29 is 4.74 Å². The molecule has 0 amide bonds. The monoisotopic (exact) mass is 222 g/mol. The Morgan fingerprint density at radius 1 is 1.47 bits per heavy atom. The standard InChI is InChI=1S/C10H10N2O2S/c1-6-3-4-8(14-2)7(5-6)9-11-12-10(13)15-9/h3-5H,1-2H3,(H,12,13). The second-order valence-electron chi connectivity index (χ2n) is 3.12. The Balaban J connectivity index is 2.59. The number of nitrogens with one attached hydrogen (secondary N) is 1. The lowest BCUT2D eigenvalue weighted by Crippen LogP contribution is -1.90. The molecule has 15 heavy (non-hydrogen) atoms. The van der Waals surface area contributed by atoms with Crippen LogP contribution < -0.4 is 9.61 Å². The number of nitrogens with zero attached hydrogens (tertiary/aromatic N) is 1. The third kappa shape index (κ3) is 1.92. The van der Waals surface area contributed by atoms with Gasteiger partial charge < -0.3 is 4.74 Å². The Hall–Kier alpha value is -1.62. The molecule has 0 aliphatic rings. The van der Waals surface area contributed by atoms with E-state index in [0.29, 0.717) is 5.01 Å². The normalized spacial score (nSPS) is 10.3. The number of hydrogen-bond acceptors (Lipinski definition) is 4. The number of H-pyrrole nitrogens is 1. The van der Waals surface area contributed by atoms with E-state index >= 15 is 0 Å². The van der Waals surface area contributed by atoms with Crippen LogP contribution in [0.25, 0.3) is 10.6 Å². The molecule has 0 bridgehead atoms. The van der Waals surface area contributed by atoms with Gasteiger partial charge in [-0.05, 0) is 19.1 Å². The average Bonchev–Trinajstić information content (AvgIpc) is 2.65. The maximum absolute atomic E-state index is 11.0. The third-order valence-electron chi connectivity index (χ3n) is 2.02. The summed E-state index contributed by atoms with van der Waals surface area (Å²) >= 11 is 1.08. The van der Waals surface area contributed by atoms with Crippen molar-refractivity contribution in [3.05, 3.63) is 33.4 Å². The highest BCUT2D eigenvalue weighted by Crippen LogP contribution is 2.30. The number of aryl methyl sites for hydroxylation is 1. The number of aromatic amines is 1. The van der Waals surface area contributed by atoms with Gasteiger partial charge in [-0.2, -0.15) is 5.10 Å². The van der Waals surface area contributed by atoms with E-state index in [4.69, 9.17) is 4.74 Å². The van der Waals surface area contributed by atoms with E-state index in [-0.39, 0.29) is 4.87 Å². The second-order valence-corrected chi connectivity index (χ2v) is 4.08. The van der Waals surface area contributed by atoms with Crippen molar-refractivity contribution in [1.82, 2.24) is 10.2 Å². The van der Waals surface area contributed by atoms with Crippen LogP contribution in [0.5, 0.6) is 5.75 Å². The molecule has 78 valence electrons. The highest BCUT2D eigenvalue weighted by molar-refractivity contribution is 7.12. The number of methoxy groups -OCH3 is 1. The lowest BCUT2D eigenvalue weighted by atomic mass is 10.1. The molecule has 0 saturated heterocycles. The Bertz CT molecular complexity index is 530. The van der Waals surface area contributed by atoms with Gasteiger partial charge in [0, 0.05) is 0 Å². The average molecular weight is 222 g/mol. The molecule has 0 spiro atoms. The van der Waals surface area contributed by atoms with Crippen LogP contribution in [0.3, 0.4) is 0 Å². The fraction of sp³-hybridized carbons (Fsp3) is 0.200. The van der Waals surface area contributed by atoms with Gasteiger partial charge in [0.2, 0.25) is 0 Å². The summed E-state index contributed by atoms with van der Waals surface area (Å²) in [6.45, 7) is 1.98. The molecule has 1 aromatic carbocycles. The molecular weight excluding hydrogens is 212 g/mol. The summed E-state index contributed by atoms with van der Waals surface area (Å²) in [6.07, 6.45) is 0. The minimum Gasteiger partial charge on any atom is -0.496 e. The van der Waals surface area contributed by atoms with Gasteiger partial charge in [0.25, 0.3) is 0 Å². The van der Waals surface area contributed by atoms with Gasteiger partial charge in [0.05, 0.1) is 12.7 Å². The summed E-state index contributed by atoms with van der Waals surface area (Å²) in [5, 5.41) is 6.99. The Morgan fingerprint density at radius 3 is 2.87 bits per heavy atom. The predicted molar refractivity (Wildman–Crippen MR) is 59.5 cm³/mol. The Labute approximate surface area is 90.5 Å². The number of rotatable bonds is 2. The van der Waals surface area contributed by atoms with Crippen LogP contribution in [0.2, 0.25) is 0 Å². The lowest BCUT2D eigenvalue weighted by molar-refractivity contribution is 0.416. The van der Waals surface area contributed by atoms with Crippen molar-refractivity contribution in [3.8, 4) is 16.3 Å². The molecule has 1 heterocycles. The van der Waals surface area contributed by atoms with Gasteiger partial charge in [-0.3, -0.25) is 4.79 Å². The van der Waals surface area contributed by atoms with E-state index in [2.05, 4.69) is 10.2 Å². The van der Waals surface area contributed by atoms with E-state index in [1.54, 1.807) is 7.11 Å². The second kappa shape index (κ2) is 3.86. The maximum Gasteiger partial charge on any atom is 0.322 e. The van der Waals surface area contributed by atoms with Crippen LogP contribution in [0, 0.1) is 6.92 Å². The fourth-order valence-electron chi connectivity index (χ4n) is 1.33. The maximum atomic E-state index is 11.0. The molecule has 5 heteroatoms. The molecule has 0 radical (unpaired) electrons. The third-order valence-corrected chi connectivity index (χ3v) is 2.80. The fourth-order valence-corrected chi connectivity index (χ4v) is 1.96. The van der Waals surface area contributed by atoms with E-state index in [0.717, 1.165) is 28.2 Å². The molecule has 0 fully saturated rings. The topological polar surface area (TPSA) is 55.0 Å². The molecule has 0 unspecified atom stereocenters. The van der Waals surface area contributed by atoms with Gasteiger partial charge in [-0.15, -0.1) is 0 Å². The summed E-state index contributed by atoms with van der Waals surface area (Å²) in [6, 6.07) is 5.78. The molecule has 2 rings (SSSR count). The summed E-state index contributed by atoms with van der Waals surface area (Å²) in [5.41, 5.74) is 1.95. The predicted octanol–water partition coefficient (Wildman–Crippen LogP) is 1.82. The quantitative estimate of drug-likeness (QED) is 0.843. The molecule has 0 atom stereocenters. The molecule has 1 aromatic heterocycles. The van der Waals surface area contributed by atoms with Gasteiger partial charge in [-0.1, -0.05) is 23.0 Å². The van der Waals surface area contributed by atoms with E-state index in [9.17, 15) is 4.79 Å². The van der Waals surface area contributed by atoms with Crippen LogP contribution in [0.1, 0.15) is 5.56 Å². The zero-order valence-corrected chi connectivity index (χ0v) is 9.22. The van der Waals surface area contributed by atoms with Crippen LogP contribution in [0.4, 0.5) is 0 Å². The van der Waals surface area contributed by atoms with Crippen LogP contribution in [-0.4, -0.2) is 17.3 Å². The minimum atomic E-state index is -0.159.